The molecular weight excluding hydrogens is 172 g/mol. The van der Waals surface area contributed by atoms with Gasteiger partial charge in [0, 0.05) is 0 Å². The Morgan fingerprint density at radius 1 is 1.14 bits per heavy atom. The first-order valence-electron chi connectivity index (χ1n) is 5.30. The van der Waals surface area contributed by atoms with E-state index < -0.39 is 0 Å². The Morgan fingerprint density at radius 3 is 2.00 bits per heavy atom. The standard InChI is InChI=1S/C11H12O.C2H6/c1-9-2-4-10(5-3-9)11(8-12)6-7-11;1-2/h2-5,8H,6-7H2,1H3;1-2H3. The highest BCUT2D eigenvalue weighted by Crippen LogP contribution is 2.46. The molecule has 1 aliphatic carbocycles. The fourth-order valence-corrected chi connectivity index (χ4v) is 1.49. The Labute approximate surface area is 86.1 Å². The molecule has 1 nitrogen and oxygen atoms in total. The molecule has 76 valence electrons. The van der Waals surface area contributed by atoms with Gasteiger partial charge in [0.2, 0.25) is 0 Å². The molecule has 0 radical (unpaired) electrons. The number of hydrogen-bond donors (Lipinski definition) is 0. The van der Waals surface area contributed by atoms with E-state index in [0.29, 0.717) is 0 Å². The lowest BCUT2D eigenvalue weighted by molar-refractivity contribution is -0.109. The van der Waals surface area contributed by atoms with Crippen molar-refractivity contribution < 1.29 is 4.79 Å². The molecule has 0 unspecified atom stereocenters. The summed E-state index contributed by atoms with van der Waals surface area (Å²) in [5, 5.41) is 0. The number of aryl methyl sites for hydroxylation is 1. The molecule has 0 amide bonds. The van der Waals surface area contributed by atoms with Gasteiger partial charge >= 0.3 is 0 Å². The average molecular weight is 190 g/mol. The third-order valence-corrected chi connectivity index (χ3v) is 2.64. The number of hydrogen-bond acceptors (Lipinski definition) is 1. The fourth-order valence-electron chi connectivity index (χ4n) is 1.49. The van der Waals surface area contributed by atoms with E-state index in [1.165, 1.54) is 11.1 Å². The lowest BCUT2D eigenvalue weighted by Gasteiger charge is -2.06. The Balaban J connectivity index is 0.000000461. The van der Waals surface area contributed by atoms with Crippen molar-refractivity contribution in [1.29, 1.82) is 0 Å². The number of carbonyl (C=O) groups is 1. The van der Waals surface area contributed by atoms with E-state index in [1.807, 2.05) is 13.8 Å². The van der Waals surface area contributed by atoms with E-state index in [0.717, 1.165) is 19.1 Å². The van der Waals surface area contributed by atoms with Crippen LogP contribution in [0.2, 0.25) is 0 Å². The molecule has 1 heteroatoms. The van der Waals surface area contributed by atoms with E-state index in [9.17, 15) is 4.79 Å². The van der Waals surface area contributed by atoms with Crippen molar-refractivity contribution in [2.24, 2.45) is 0 Å². The molecule has 14 heavy (non-hydrogen) atoms. The Hall–Kier alpha value is -1.11. The molecule has 2 rings (SSSR count). The van der Waals surface area contributed by atoms with Crippen LogP contribution in [-0.2, 0) is 10.2 Å². The monoisotopic (exact) mass is 190 g/mol. The first-order valence-corrected chi connectivity index (χ1v) is 5.30. The lowest BCUT2D eigenvalue weighted by atomic mass is 9.97. The van der Waals surface area contributed by atoms with Crippen LogP contribution in [0.15, 0.2) is 24.3 Å². The molecule has 0 atom stereocenters. The zero-order valence-corrected chi connectivity index (χ0v) is 9.21. The summed E-state index contributed by atoms with van der Waals surface area (Å²) in [5.41, 5.74) is 2.33. The maximum Gasteiger partial charge on any atom is 0.130 e. The highest BCUT2D eigenvalue weighted by molar-refractivity contribution is 5.73. The van der Waals surface area contributed by atoms with Crippen LogP contribution < -0.4 is 0 Å². The van der Waals surface area contributed by atoms with Crippen molar-refractivity contribution in [2.75, 3.05) is 0 Å². The van der Waals surface area contributed by atoms with Gasteiger partial charge in [-0.2, -0.15) is 0 Å². The van der Waals surface area contributed by atoms with Gasteiger partial charge in [-0.3, -0.25) is 0 Å². The normalized spacial score (nSPS) is 16.5. The number of benzene rings is 1. The molecule has 0 bridgehead atoms. The summed E-state index contributed by atoms with van der Waals surface area (Å²) in [5.74, 6) is 0. The molecule has 0 N–H and O–H groups in total. The minimum Gasteiger partial charge on any atom is -0.302 e. The van der Waals surface area contributed by atoms with Crippen LogP contribution in [0.3, 0.4) is 0 Å². The fraction of sp³-hybridized carbons (Fsp3) is 0.462. The molecular formula is C13H18O. The van der Waals surface area contributed by atoms with Crippen molar-refractivity contribution >= 4 is 6.29 Å². The Kier molecular flexibility index (Phi) is 3.45. The molecule has 0 aliphatic heterocycles. The maximum absolute atomic E-state index is 10.8. The van der Waals surface area contributed by atoms with Gasteiger partial charge in [-0.05, 0) is 25.3 Å². The van der Waals surface area contributed by atoms with E-state index >= 15 is 0 Å². The first-order chi connectivity index (χ1) is 6.77. The molecule has 1 aromatic carbocycles. The largest absolute Gasteiger partial charge is 0.302 e. The van der Waals surface area contributed by atoms with Crippen molar-refractivity contribution in [3.63, 3.8) is 0 Å². The van der Waals surface area contributed by atoms with E-state index in [1.54, 1.807) is 0 Å². The predicted molar refractivity (Wildman–Crippen MR) is 59.5 cm³/mol. The summed E-state index contributed by atoms with van der Waals surface area (Å²) >= 11 is 0. The smallest absolute Gasteiger partial charge is 0.130 e. The van der Waals surface area contributed by atoms with Crippen LogP contribution in [0.5, 0.6) is 0 Å². The number of carbonyl (C=O) groups excluding carboxylic acids is 1. The summed E-state index contributed by atoms with van der Waals surface area (Å²) in [7, 11) is 0. The van der Waals surface area contributed by atoms with Crippen LogP contribution in [-0.4, -0.2) is 6.29 Å². The molecule has 0 saturated heterocycles. The van der Waals surface area contributed by atoms with Crippen molar-refractivity contribution in [2.45, 2.75) is 39.0 Å². The summed E-state index contributed by atoms with van der Waals surface area (Å²) in [6, 6.07) is 8.27. The van der Waals surface area contributed by atoms with Crippen molar-refractivity contribution in [3.05, 3.63) is 35.4 Å². The van der Waals surface area contributed by atoms with Gasteiger partial charge in [0.15, 0.2) is 0 Å². The lowest BCUT2D eigenvalue weighted by Crippen LogP contribution is -2.06. The molecule has 1 aliphatic rings. The second-order valence-electron chi connectivity index (χ2n) is 3.64. The van der Waals surface area contributed by atoms with Gasteiger partial charge in [0.25, 0.3) is 0 Å². The summed E-state index contributed by atoms with van der Waals surface area (Å²) < 4.78 is 0. The minimum atomic E-state index is -0.103. The highest BCUT2D eigenvalue weighted by Gasteiger charge is 2.43. The summed E-state index contributed by atoms with van der Waals surface area (Å²) in [6.07, 6.45) is 3.15. The van der Waals surface area contributed by atoms with Gasteiger partial charge < -0.3 is 4.79 Å². The van der Waals surface area contributed by atoms with Crippen LogP contribution in [0, 0.1) is 6.92 Å². The minimum absolute atomic E-state index is 0.103. The van der Waals surface area contributed by atoms with E-state index in [-0.39, 0.29) is 5.41 Å². The van der Waals surface area contributed by atoms with Gasteiger partial charge in [0.1, 0.15) is 6.29 Å². The van der Waals surface area contributed by atoms with Gasteiger partial charge in [-0.25, -0.2) is 0 Å². The predicted octanol–water partition coefficient (Wildman–Crippen LogP) is 3.25. The van der Waals surface area contributed by atoms with Crippen molar-refractivity contribution in [1.82, 2.24) is 0 Å². The third-order valence-electron chi connectivity index (χ3n) is 2.64. The molecule has 0 heterocycles. The van der Waals surface area contributed by atoms with Crippen LogP contribution in [0.25, 0.3) is 0 Å². The first kappa shape index (κ1) is 11.0. The van der Waals surface area contributed by atoms with Crippen LogP contribution in [0.4, 0.5) is 0 Å². The molecule has 0 spiro atoms. The zero-order valence-electron chi connectivity index (χ0n) is 9.21. The van der Waals surface area contributed by atoms with Gasteiger partial charge in [-0.1, -0.05) is 43.7 Å². The van der Waals surface area contributed by atoms with Crippen LogP contribution >= 0.6 is 0 Å². The molecule has 1 saturated carbocycles. The average Bonchev–Trinajstić information content (AvgIpc) is 3.03. The van der Waals surface area contributed by atoms with Crippen LogP contribution in [0.1, 0.15) is 37.8 Å². The Morgan fingerprint density at radius 2 is 1.64 bits per heavy atom. The molecule has 1 fully saturated rings. The number of aldehydes is 1. The van der Waals surface area contributed by atoms with E-state index in [2.05, 4.69) is 31.2 Å². The summed E-state index contributed by atoms with van der Waals surface area (Å²) in [6.45, 7) is 6.06. The zero-order chi connectivity index (χ0) is 10.6. The Bertz CT molecular complexity index is 294. The third kappa shape index (κ3) is 2.03. The molecule has 1 aromatic rings. The van der Waals surface area contributed by atoms with E-state index in [4.69, 9.17) is 0 Å². The quantitative estimate of drug-likeness (QED) is 0.654. The summed E-state index contributed by atoms with van der Waals surface area (Å²) in [4.78, 5) is 10.8. The molecule has 0 aromatic heterocycles. The highest BCUT2D eigenvalue weighted by atomic mass is 16.1. The maximum atomic E-state index is 10.8. The number of rotatable bonds is 2. The van der Waals surface area contributed by atoms with Crippen molar-refractivity contribution in [3.8, 4) is 0 Å². The second kappa shape index (κ2) is 4.41. The van der Waals surface area contributed by atoms with Gasteiger partial charge in [0.05, 0.1) is 5.41 Å². The van der Waals surface area contributed by atoms with Gasteiger partial charge in [-0.15, -0.1) is 0 Å². The SMILES string of the molecule is CC.Cc1ccc(C2(C=O)CC2)cc1. The topological polar surface area (TPSA) is 17.1 Å². The second-order valence-corrected chi connectivity index (χ2v) is 3.64.